The highest BCUT2D eigenvalue weighted by Crippen LogP contribution is 2.43. The maximum Gasteiger partial charge on any atom is 0.257 e. The van der Waals surface area contributed by atoms with Gasteiger partial charge in [0, 0.05) is 11.6 Å². The zero-order valence-electron chi connectivity index (χ0n) is 16.7. The zero-order valence-corrected chi connectivity index (χ0v) is 16.7. The molecule has 2 aliphatic rings. The first-order valence-electron chi connectivity index (χ1n) is 9.78. The maximum atomic E-state index is 13.5. The van der Waals surface area contributed by atoms with E-state index in [9.17, 15) is 9.59 Å². The summed E-state index contributed by atoms with van der Waals surface area (Å²) in [6, 6.07) is 6.48. The zero-order chi connectivity index (χ0) is 19.6. The molecule has 1 heterocycles. The second-order valence-electron chi connectivity index (χ2n) is 8.03. The van der Waals surface area contributed by atoms with E-state index >= 15 is 0 Å². The molecule has 0 aromatic heterocycles. The fourth-order valence-electron chi connectivity index (χ4n) is 4.06. The topological polar surface area (TPSA) is 67.9 Å². The molecule has 1 aromatic carbocycles. The number of hydrogen-bond acceptors (Lipinski definition) is 4. The van der Waals surface area contributed by atoms with Crippen LogP contribution in [0.15, 0.2) is 24.3 Å². The molecule has 2 amide bonds. The van der Waals surface area contributed by atoms with E-state index in [-0.39, 0.29) is 24.5 Å². The number of ether oxygens (including phenoxy) is 2. The average molecular weight is 374 g/mol. The van der Waals surface area contributed by atoms with Gasteiger partial charge in [0.1, 0.15) is 17.5 Å². The van der Waals surface area contributed by atoms with Crippen molar-refractivity contribution in [3.05, 3.63) is 29.8 Å². The molecule has 0 bridgehead atoms. The van der Waals surface area contributed by atoms with Crippen LogP contribution in [0.5, 0.6) is 5.75 Å². The Labute approximate surface area is 161 Å². The summed E-state index contributed by atoms with van der Waals surface area (Å²) >= 11 is 0. The van der Waals surface area contributed by atoms with Crippen LogP contribution in [0, 0.1) is 5.92 Å². The Bertz CT molecular complexity index is 695. The first-order valence-corrected chi connectivity index (χ1v) is 9.78. The normalized spacial score (nSPS) is 27.8. The third-order valence-corrected chi connectivity index (χ3v) is 5.59. The molecule has 1 N–H and O–H groups in total. The second kappa shape index (κ2) is 7.89. The largest absolute Gasteiger partial charge is 0.497 e. The van der Waals surface area contributed by atoms with Crippen LogP contribution < -0.4 is 10.1 Å². The van der Waals surface area contributed by atoms with Crippen molar-refractivity contribution in [2.45, 2.75) is 64.3 Å². The van der Waals surface area contributed by atoms with E-state index in [2.05, 4.69) is 12.2 Å². The summed E-state index contributed by atoms with van der Waals surface area (Å²) in [7, 11) is 1.57. The quantitative estimate of drug-likeness (QED) is 0.880. The minimum Gasteiger partial charge on any atom is -0.497 e. The van der Waals surface area contributed by atoms with Gasteiger partial charge in [-0.3, -0.25) is 14.5 Å². The Balaban J connectivity index is 1.94. The summed E-state index contributed by atoms with van der Waals surface area (Å²) in [5.74, 6) is 0.897. The molecule has 1 aliphatic carbocycles. The Kier molecular flexibility index (Phi) is 5.75. The monoisotopic (exact) mass is 374 g/mol. The van der Waals surface area contributed by atoms with Crippen molar-refractivity contribution in [1.29, 1.82) is 0 Å². The molecule has 3 rings (SSSR count). The molecule has 1 saturated carbocycles. The van der Waals surface area contributed by atoms with Crippen molar-refractivity contribution in [2.24, 2.45) is 5.92 Å². The molecule has 1 atom stereocenters. The fraction of sp³-hybridized carbons (Fsp3) is 0.619. The maximum absolute atomic E-state index is 13.5. The van der Waals surface area contributed by atoms with Gasteiger partial charge in [0.15, 0.2) is 0 Å². The number of nitrogens with zero attached hydrogens (tertiary/aromatic N) is 1. The molecule has 1 aromatic rings. The molecule has 6 heteroatoms. The summed E-state index contributed by atoms with van der Waals surface area (Å²) in [5, 5.41) is 2.94. The molecule has 1 aliphatic heterocycles. The van der Waals surface area contributed by atoms with Crippen LogP contribution in [0.2, 0.25) is 0 Å². The Morgan fingerprint density at radius 2 is 2.00 bits per heavy atom. The number of hydrogen-bond donors (Lipinski definition) is 1. The van der Waals surface area contributed by atoms with Gasteiger partial charge in [0.05, 0.1) is 13.7 Å². The van der Waals surface area contributed by atoms with Crippen LogP contribution >= 0.6 is 0 Å². The van der Waals surface area contributed by atoms with E-state index < -0.39 is 11.8 Å². The lowest BCUT2D eigenvalue weighted by Gasteiger charge is -2.43. The Hall–Kier alpha value is -2.08. The van der Waals surface area contributed by atoms with Gasteiger partial charge in [-0.15, -0.1) is 0 Å². The SMILES string of the molecule is COc1cccc(C(=O)N2[C@@H](C(=O)NC(C)C)COC23CCC(C)CC3)c1. The highest BCUT2D eigenvalue weighted by molar-refractivity contribution is 5.98. The minimum absolute atomic E-state index is 0.00852. The van der Waals surface area contributed by atoms with Crippen molar-refractivity contribution in [3.8, 4) is 5.75 Å². The Morgan fingerprint density at radius 1 is 1.30 bits per heavy atom. The summed E-state index contributed by atoms with van der Waals surface area (Å²) < 4.78 is 11.4. The van der Waals surface area contributed by atoms with Gasteiger partial charge in [-0.25, -0.2) is 0 Å². The van der Waals surface area contributed by atoms with Gasteiger partial charge < -0.3 is 14.8 Å². The molecule has 1 saturated heterocycles. The predicted molar refractivity (Wildman–Crippen MR) is 103 cm³/mol. The Morgan fingerprint density at radius 3 is 2.63 bits per heavy atom. The molecule has 2 fully saturated rings. The predicted octanol–water partition coefficient (Wildman–Crippen LogP) is 2.97. The number of rotatable bonds is 4. The van der Waals surface area contributed by atoms with Gasteiger partial charge in [-0.1, -0.05) is 13.0 Å². The third-order valence-electron chi connectivity index (χ3n) is 5.59. The van der Waals surface area contributed by atoms with Gasteiger partial charge in [0.2, 0.25) is 5.91 Å². The number of methoxy groups -OCH3 is 1. The fourth-order valence-corrected chi connectivity index (χ4v) is 4.06. The highest BCUT2D eigenvalue weighted by Gasteiger charge is 2.53. The van der Waals surface area contributed by atoms with Crippen molar-refractivity contribution in [2.75, 3.05) is 13.7 Å². The average Bonchev–Trinajstić information content (AvgIpc) is 3.02. The van der Waals surface area contributed by atoms with Crippen molar-refractivity contribution in [1.82, 2.24) is 10.2 Å². The molecule has 148 valence electrons. The summed E-state index contributed by atoms with van der Waals surface area (Å²) in [6.07, 6.45) is 3.49. The summed E-state index contributed by atoms with van der Waals surface area (Å²) in [5.41, 5.74) is -0.175. The smallest absolute Gasteiger partial charge is 0.257 e. The number of nitrogens with one attached hydrogen (secondary N) is 1. The van der Waals surface area contributed by atoms with Crippen LogP contribution in [-0.4, -0.2) is 48.2 Å². The molecule has 27 heavy (non-hydrogen) atoms. The first-order chi connectivity index (χ1) is 12.9. The molecule has 1 spiro atoms. The third kappa shape index (κ3) is 3.95. The van der Waals surface area contributed by atoms with Crippen LogP contribution in [0.4, 0.5) is 0 Å². The lowest BCUT2D eigenvalue weighted by molar-refractivity contribution is -0.128. The van der Waals surface area contributed by atoms with Crippen LogP contribution in [0.3, 0.4) is 0 Å². The van der Waals surface area contributed by atoms with Gasteiger partial charge in [-0.05, 0) is 63.6 Å². The standard InChI is InChI=1S/C21H30N2O4/c1-14(2)22-19(24)18-13-27-21(10-8-15(3)9-11-21)23(18)20(25)16-6-5-7-17(12-16)26-4/h5-7,12,14-15,18H,8-11,13H2,1-4H3,(H,22,24)/t15?,18-,21?/m1/s1. The van der Waals surface area contributed by atoms with Gasteiger partial charge in [0.25, 0.3) is 5.91 Å². The number of carbonyl (C=O) groups is 2. The van der Waals surface area contributed by atoms with Crippen molar-refractivity contribution >= 4 is 11.8 Å². The van der Waals surface area contributed by atoms with E-state index in [4.69, 9.17) is 9.47 Å². The first kappa shape index (κ1) is 19.7. The lowest BCUT2D eigenvalue weighted by atomic mass is 9.83. The van der Waals surface area contributed by atoms with Gasteiger partial charge >= 0.3 is 0 Å². The minimum atomic E-state index is -0.689. The van der Waals surface area contributed by atoms with Crippen LogP contribution in [0.1, 0.15) is 56.8 Å². The van der Waals surface area contributed by atoms with Crippen LogP contribution in [-0.2, 0) is 9.53 Å². The second-order valence-corrected chi connectivity index (χ2v) is 8.03. The number of carbonyl (C=O) groups excluding carboxylic acids is 2. The lowest BCUT2D eigenvalue weighted by Crippen LogP contribution is -2.57. The number of amides is 2. The van der Waals surface area contributed by atoms with E-state index in [0.717, 1.165) is 25.7 Å². The van der Waals surface area contributed by atoms with E-state index in [1.165, 1.54) is 0 Å². The van der Waals surface area contributed by atoms with Crippen molar-refractivity contribution < 1.29 is 19.1 Å². The summed E-state index contributed by atoms with van der Waals surface area (Å²) in [4.78, 5) is 28.0. The highest BCUT2D eigenvalue weighted by atomic mass is 16.5. The van der Waals surface area contributed by atoms with E-state index in [1.807, 2.05) is 13.8 Å². The van der Waals surface area contributed by atoms with E-state index in [0.29, 0.717) is 17.2 Å². The van der Waals surface area contributed by atoms with Gasteiger partial charge in [-0.2, -0.15) is 0 Å². The summed E-state index contributed by atoms with van der Waals surface area (Å²) in [6.45, 7) is 6.29. The molecule has 0 radical (unpaired) electrons. The number of benzene rings is 1. The molecule has 6 nitrogen and oxygen atoms in total. The molecular weight excluding hydrogens is 344 g/mol. The molecular formula is C21H30N2O4. The van der Waals surface area contributed by atoms with Crippen LogP contribution in [0.25, 0.3) is 0 Å². The van der Waals surface area contributed by atoms with E-state index in [1.54, 1.807) is 36.3 Å². The molecule has 0 unspecified atom stereocenters. The van der Waals surface area contributed by atoms with Crippen molar-refractivity contribution in [3.63, 3.8) is 0 Å².